The molecule has 13 heavy (non-hydrogen) atoms. The molecule has 0 amide bonds. The topological polar surface area (TPSA) is 64.6 Å². The number of nitrogens with two attached hydrogens (primary N) is 2. The molecule has 1 heterocycles. The standard InChI is InChI=1S/C8H12N2.C2H4O/c9-5-7-3-1-2-4-8(7)6-10;1-2-3-1/h1-4H,5-6,9-10H2;1-2H2. The van der Waals surface area contributed by atoms with E-state index in [2.05, 4.69) is 4.74 Å². The number of epoxide rings is 1. The fourth-order valence-electron chi connectivity index (χ4n) is 0.956. The predicted octanol–water partition coefficient (Wildman–Crippen LogP) is 0.621. The van der Waals surface area contributed by atoms with Gasteiger partial charge < -0.3 is 16.2 Å². The molecular formula is C10H16N2O. The van der Waals surface area contributed by atoms with E-state index in [1.54, 1.807) is 0 Å². The quantitative estimate of drug-likeness (QED) is 0.656. The van der Waals surface area contributed by atoms with Crippen molar-refractivity contribution in [2.45, 2.75) is 13.1 Å². The Morgan fingerprint density at radius 3 is 1.62 bits per heavy atom. The minimum atomic E-state index is 0.577. The first-order valence-corrected chi connectivity index (χ1v) is 4.43. The van der Waals surface area contributed by atoms with Gasteiger partial charge in [-0.25, -0.2) is 0 Å². The van der Waals surface area contributed by atoms with E-state index in [1.165, 1.54) is 0 Å². The van der Waals surface area contributed by atoms with E-state index in [4.69, 9.17) is 11.5 Å². The molecule has 0 radical (unpaired) electrons. The van der Waals surface area contributed by atoms with E-state index in [0.29, 0.717) is 13.1 Å². The van der Waals surface area contributed by atoms with Crippen LogP contribution in [0.4, 0.5) is 0 Å². The molecular weight excluding hydrogens is 164 g/mol. The third-order valence-corrected chi connectivity index (χ3v) is 1.76. The Morgan fingerprint density at radius 2 is 1.38 bits per heavy atom. The van der Waals surface area contributed by atoms with Crippen LogP contribution >= 0.6 is 0 Å². The van der Waals surface area contributed by atoms with Crippen LogP contribution in [0.2, 0.25) is 0 Å². The monoisotopic (exact) mass is 180 g/mol. The van der Waals surface area contributed by atoms with Crippen LogP contribution in [0.3, 0.4) is 0 Å². The van der Waals surface area contributed by atoms with Crippen LogP contribution in [-0.2, 0) is 17.8 Å². The van der Waals surface area contributed by atoms with Gasteiger partial charge in [0.2, 0.25) is 0 Å². The summed E-state index contributed by atoms with van der Waals surface area (Å²) in [5.74, 6) is 0. The fraction of sp³-hybridized carbons (Fsp3) is 0.400. The van der Waals surface area contributed by atoms with Crippen LogP contribution in [0.25, 0.3) is 0 Å². The van der Waals surface area contributed by atoms with Crippen molar-refractivity contribution in [3.63, 3.8) is 0 Å². The molecule has 1 aromatic rings. The summed E-state index contributed by atoms with van der Waals surface area (Å²) in [6.45, 7) is 3.15. The maximum Gasteiger partial charge on any atom is 0.0701 e. The fourth-order valence-corrected chi connectivity index (χ4v) is 0.956. The van der Waals surface area contributed by atoms with Crippen molar-refractivity contribution in [3.8, 4) is 0 Å². The summed E-state index contributed by atoms with van der Waals surface area (Å²) in [5.41, 5.74) is 13.2. The zero-order chi connectivity index (χ0) is 9.52. The average molecular weight is 180 g/mol. The zero-order valence-corrected chi connectivity index (χ0v) is 7.70. The van der Waals surface area contributed by atoms with Crippen molar-refractivity contribution in [1.29, 1.82) is 0 Å². The molecule has 0 saturated carbocycles. The minimum absolute atomic E-state index is 0.577. The van der Waals surface area contributed by atoms with Crippen LogP contribution in [0.1, 0.15) is 11.1 Å². The second kappa shape index (κ2) is 5.70. The summed E-state index contributed by atoms with van der Waals surface area (Å²) in [7, 11) is 0. The molecule has 3 heteroatoms. The van der Waals surface area contributed by atoms with E-state index < -0.39 is 0 Å². The van der Waals surface area contributed by atoms with Gasteiger partial charge in [-0.2, -0.15) is 0 Å². The molecule has 1 aromatic carbocycles. The van der Waals surface area contributed by atoms with Crippen LogP contribution in [-0.4, -0.2) is 13.2 Å². The van der Waals surface area contributed by atoms with Gasteiger partial charge in [-0.1, -0.05) is 24.3 Å². The molecule has 3 nitrogen and oxygen atoms in total. The molecule has 2 rings (SSSR count). The molecule has 0 spiro atoms. The Bertz CT molecular complexity index is 223. The van der Waals surface area contributed by atoms with Crippen molar-refractivity contribution >= 4 is 0 Å². The molecule has 4 N–H and O–H groups in total. The number of hydrogen-bond donors (Lipinski definition) is 2. The number of rotatable bonds is 2. The lowest BCUT2D eigenvalue weighted by Gasteiger charge is -2.02. The highest BCUT2D eigenvalue weighted by Crippen LogP contribution is 2.05. The molecule has 0 bridgehead atoms. The Labute approximate surface area is 78.7 Å². The highest BCUT2D eigenvalue weighted by atomic mass is 16.6. The van der Waals surface area contributed by atoms with Gasteiger partial charge in [0.1, 0.15) is 0 Å². The highest BCUT2D eigenvalue weighted by molar-refractivity contribution is 5.26. The third-order valence-electron chi connectivity index (χ3n) is 1.76. The summed E-state index contributed by atoms with van der Waals surface area (Å²) < 4.78 is 4.50. The van der Waals surface area contributed by atoms with Gasteiger partial charge >= 0.3 is 0 Å². The van der Waals surface area contributed by atoms with E-state index in [1.807, 2.05) is 24.3 Å². The molecule has 1 aliphatic rings. The SMILES string of the molecule is C1CO1.NCc1ccccc1CN. The van der Waals surface area contributed by atoms with Gasteiger partial charge in [0.15, 0.2) is 0 Å². The van der Waals surface area contributed by atoms with E-state index in [0.717, 1.165) is 24.3 Å². The van der Waals surface area contributed by atoms with E-state index >= 15 is 0 Å². The highest BCUT2D eigenvalue weighted by Gasteiger charge is 1.94. The van der Waals surface area contributed by atoms with E-state index in [-0.39, 0.29) is 0 Å². The predicted molar refractivity (Wildman–Crippen MR) is 53.0 cm³/mol. The first kappa shape index (κ1) is 10.2. The molecule has 0 unspecified atom stereocenters. The zero-order valence-electron chi connectivity index (χ0n) is 7.70. The van der Waals surface area contributed by atoms with Gasteiger partial charge in [0.25, 0.3) is 0 Å². The van der Waals surface area contributed by atoms with Gasteiger partial charge in [-0.3, -0.25) is 0 Å². The molecule has 0 aliphatic carbocycles. The average Bonchev–Trinajstić information content (AvgIpc) is 3.04. The molecule has 72 valence electrons. The van der Waals surface area contributed by atoms with Crippen LogP contribution in [0.5, 0.6) is 0 Å². The van der Waals surface area contributed by atoms with Crippen molar-refractivity contribution in [3.05, 3.63) is 35.4 Å². The first-order valence-electron chi connectivity index (χ1n) is 4.43. The molecule has 0 atom stereocenters. The first-order chi connectivity index (χ1) is 6.38. The van der Waals surface area contributed by atoms with Gasteiger partial charge in [-0.05, 0) is 11.1 Å². The minimum Gasteiger partial charge on any atom is -0.377 e. The van der Waals surface area contributed by atoms with Crippen molar-refractivity contribution in [2.75, 3.05) is 13.2 Å². The lowest BCUT2D eigenvalue weighted by atomic mass is 10.1. The summed E-state index contributed by atoms with van der Waals surface area (Å²) in [5, 5.41) is 0. The second-order valence-corrected chi connectivity index (χ2v) is 2.79. The summed E-state index contributed by atoms with van der Waals surface area (Å²) in [6.07, 6.45) is 0. The maximum absolute atomic E-state index is 5.47. The van der Waals surface area contributed by atoms with Crippen LogP contribution < -0.4 is 11.5 Å². The Balaban J connectivity index is 0.000000236. The lowest BCUT2D eigenvalue weighted by molar-refractivity contribution is 0.475. The van der Waals surface area contributed by atoms with Gasteiger partial charge in [-0.15, -0.1) is 0 Å². The third kappa shape index (κ3) is 4.03. The molecule has 1 aliphatic heterocycles. The smallest absolute Gasteiger partial charge is 0.0701 e. The second-order valence-electron chi connectivity index (χ2n) is 2.79. The normalized spacial score (nSPS) is 13.1. The van der Waals surface area contributed by atoms with Crippen LogP contribution in [0.15, 0.2) is 24.3 Å². The summed E-state index contributed by atoms with van der Waals surface area (Å²) in [6, 6.07) is 7.95. The molecule has 0 aromatic heterocycles. The molecule has 1 fully saturated rings. The Hall–Kier alpha value is -0.900. The van der Waals surface area contributed by atoms with Gasteiger partial charge in [0, 0.05) is 13.1 Å². The largest absolute Gasteiger partial charge is 0.377 e. The molecule has 1 saturated heterocycles. The van der Waals surface area contributed by atoms with Crippen molar-refractivity contribution in [2.24, 2.45) is 11.5 Å². The summed E-state index contributed by atoms with van der Waals surface area (Å²) in [4.78, 5) is 0. The lowest BCUT2D eigenvalue weighted by Crippen LogP contribution is -2.05. The van der Waals surface area contributed by atoms with Crippen LogP contribution in [0, 0.1) is 0 Å². The maximum atomic E-state index is 5.47. The Kier molecular flexibility index (Phi) is 4.46. The number of ether oxygens (including phenoxy) is 1. The van der Waals surface area contributed by atoms with Gasteiger partial charge in [0.05, 0.1) is 13.2 Å². The number of benzene rings is 1. The van der Waals surface area contributed by atoms with Crippen molar-refractivity contribution in [1.82, 2.24) is 0 Å². The van der Waals surface area contributed by atoms with Crippen molar-refractivity contribution < 1.29 is 4.74 Å². The van der Waals surface area contributed by atoms with E-state index in [9.17, 15) is 0 Å². The number of hydrogen-bond acceptors (Lipinski definition) is 3. The summed E-state index contributed by atoms with van der Waals surface area (Å²) >= 11 is 0. The Morgan fingerprint density at radius 1 is 1.00 bits per heavy atom.